The Morgan fingerprint density at radius 2 is 1.94 bits per heavy atom. The van der Waals surface area contributed by atoms with Crippen LogP contribution in [0.25, 0.3) is 22.0 Å². The molecule has 0 aliphatic heterocycles. The van der Waals surface area contributed by atoms with Gasteiger partial charge >= 0.3 is 0 Å². The van der Waals surface area contributed by atoms with Gasteiger partial charge in [-0.05, 0) is 23.8 Å². The first-order chi connectivity index (χ1) is 8.34. The molecule has 0 saturated heterocycles. The van der Waals surface area contributed by atoms with Crippen molar-refractivity contribution in [2.45, 2.75) is 0 Å². The van der Waals surface area contributed by atoms with E-state index < -0.39 is 0 Å². The molecule has 0 aliphatic rings. The van der Waals surface area contributed by atoms with Crippen molar-refractivity contribution in [3.8, 4) is 17.0 Å². The molecule has 4 nitrogen and oxygen atoms in total. The highest BCUT2D eigenvalue weighted by Gasteiger charge is 2.04. The van der Waals surface area contributed by atoms with Crippen LogP contribution in [0, 0.1) is 0 Å². The molecule has 1 N–H and O–H groups in total. The van der Waals surface area contributed by atoms with E-state index in [0.29, 0.717) is 5.39 Å². The Hall–Kier alpha value is -2.49. The van der Waals surface area contributed by atoms with Gasteiger partial charge in [0.25, 0.3) is 0 Å². The number of pyridine rings is 1. The van der Waals surface area contributed by atoms with Crippen molar-refractivity contribution < 1.29 is 5.11 Å². The molecular weight excluding hydrogens is 214 g/mol. The molecule has 0 atom stereocenters. The molecule has 3 aromatic rings. The topological polar surface area (TPSA) is 58.9 Å². The number of rotatable bonds is 1. The Morgan fingerprint density at radius 3 is 2.76 bits per heavy atom. The SMILES string of the molecule is Oc1ncnc2cc(-c3cccnc3)ccc12. The number of nitrogens with zero attached hydrogens (tertiary/aromatic N) is 3. The Bertz CT molecular complexity index is 668. The summed E-state index contributed by atoms with van der Waals surface area (Å²) in [6.07, 6.45) is 4.88. The standard InChI is InChI=1S/C13H9N3O/c17-13-11-4-3-9(6-12(11)15-8-16-13)10-2-1-5-14-7-10/h1-8H,(H,15,16,17). The minimum Gasteiger partial charge on any atom is -0.493 e. The fraction of sp³-hybridized carbons (Fsp3) is 0. The molecule has 4 heteroatoms. The quantitative estimate of drug-likeness (QED) is 0.688. The van der Waals surface area contributed by atoms with Crippen LogP contribution in [0.3, 0.4) is 0 Å². The van der Waals surface area contributed by atoms with Gasteiger partial charge in [-0.15, -0.1) is 0 Å². The van der Waals surface area contributed by atoms with Gasteiger partial charge in [-0.1, -0.05) is 12.1 Å². The second kappa shape index (κ2) is 3.83. The predicted molar refractivity (Wildman–Crippen MR) is 64.4 cm³/mol. The summed E-state index contributed by atoms with van der Waals surface area (Å²) in [5.41, 5.74) is 2.76. The maximum absolute atomic E-state index is 9.57. The van der Waals surface area contributed by atoms with Crippen LogP contribution in [-0.2, 0) is 0 Å². The molecule has 0 amide bonds. The van der Waals surface area contributed by atoms with E-state index in [4.69, 9.17) is 0 Å². The highest BCUT2D eigenvalue weighted by molar-refractivity contribution is 5.87. The van der Waals surface area contributed by atoms with E-state index in [-0.39, 0.29) is 5.88 Å². The van der Waals surface area contributed by atoms with Crippen molar-refractivity contribution in [2.24, 2.45) is 0 Å². The number of benzene rings is 1. The summed E-state index contributed by atoms with van der Waals surface area (Å²) in [6, 6.07) is 9.51. The Kier molecular flexibility index (Phi) is 2.19. The molecule has 0 bridgehead atoms. The van der Waals surface area contributed by atoms with Crippen LogP contribution in [0.5, 0.6) is 5.88 Å². The largest absolute Gasteiger partial charge is 0.493 e. The zero-order chi connectivity index (χ0) is 11.7. The second-order valence-corrected chi connectivity index (χ2v) is 3.67. The molecule has 0 aliphatic carbocycles. The predicted octanol–water partition coefficient (Wildman–Crippen LogP) is 2.40. The summed E-state index contributed by atoms with van der Waals surface area (Å²) in [5.74, 6) is 0.00716. The van der Waals surface area contributed by atoms with Crippen molar-refractivity contribution in [3.63, 3.8) is 0 Å². The van der Waals surface area contributed by atoms with E-state index in [1.54, 1.807) is 12.4 Å². The first-order valence-corrected chi connectivity index (χ1v) is 5.19. The Balaban J connectivity index is 2.21. The minimum atomic E-state index is 0.00716. The van der Waals surface area contributed by atoms with Crippen LogP contribution in [0.2, 0.25) is 0 Å². The van der Waals surface area contributed by atoms with Crippen molar-refractivity contribution >= 4 is 10.9 Å². The zero-order valence-corrected chi connectivity index (χ0v) is 8.91. The number of aromatic nitrogens is 3. The van der Waals surface area contributed by atoms with Gasteiger partial charge in [0.2, 0.25) is 5.88 Å². The maximum Gasteiger partial charge on any atom is 0.221 e. The lowest BCUT2D eigenvalue weighted by Gasteiger charge is -2.03. The highest BCUT2D eigenvalue weighted by Crippen LogP contribution is 2.25. The number of hydrogen-bond acceptors (Lipinski definition) is 4. The highest BCUT2D eigenvalue weighted by atomic mass is 16.3. The van der Waals surface area contributed by atoms with Crippen LogP contribution in [-0.4, -0.2) is 20.1 Å². The van der Waals surface area contributed by atoms with E-state index in [2.05, 4.69) is 15.0 Å². The van der Waals surface area contributed by atoms with E-state index in [9.17, 15) is 5.11 Å². The molecule has 2 aromatic heterocycles. The van der Waals surface area contributed by atoms with Gasteiger partial charge < -0.3 is 5.11 Å². The average molecular weight is 223 g/mol. The Labute approximate surface area is 97.6 Å². The number of aromatic hydroxyl groups is 1. The first-order valence-electron chi connectivity index (χ1n) is 5.19. The first kappa shape index (κ1) is 9.72. The van der Waals surface area contributed by atoms with E-state index in [1.807, 2.05) is 30.3 Å². The summed E-state index contributed by atoms with van der Waals surface area (Å²) in [7, 11) is 0. The van der Waals surface area contributed by atoms with Crippen molar-refractivity contribution in [1.82, 2.24) is 15.0 Å². The zero-order valence-electron chi connectivity index (χ0n) is 8.91. The lowest BCUT2D eigenvalue weighted by molar-refractivity contribution is 0.459. The van der Waals surface area contributed by atoms with Crippen molar-refractivity contribution in [1.29, 1.82) is 0 Å². The van der Waals surface area contributed by atoms with Gasteiger partial charge in [0.15, 0.2) is 0 Å². The maximum atomic E-state index is 9.57. The van der Waals surface area contributed by atoms with Crippen LogP contribution < -0.4 is 0 Å². The fourth-order valence-electron chi connectivity index (χ4n) is 1.76. The smallest absolute Gasteiger partial charge is 0.221 e. The third-order valence-electron chi connectivity index (χ3n) is 2.61. The molecule has 0 fully saturated rings. The van der Waals surface area contributed by atoms with Gasteiger partial charge in [0.05, 0.1) is 10.9 Å². The second-order valence-electron chi connectivity index (χ2n) is 3.67. The van der Waals surface area contributed by atoms with Gasteiger partial charge in [-0.3, -0.25) is 4.98 Å². The fourth-order valence-corrected chi connectivity index (χ4v) is 1.76. The normalized spacial score (nSPS) is 10.6. The Morgan fingerprint density at radius 1 is 1.00 bits per heavy atom. The van der Waals surface area contributed by atoms with Gasteiger partial charge in [-0.2, -0.15) is 0 Å². The molecule has 1 aromatic carbocycles. The minimum absolute atomic E-state index is 0.00716. The van der Waals surface area contributed by atoms with Crippen LogP contribution in [0.1, 0.15) is 0 Å². The lowest BCUT2D eigenvalue weighted by atomic mass is 10.1. The van der Waals surface area contributed by atoms with Crippen LogP contribution in [0.15, 0.2) is 49.1 Å². The summed E-state index contributed by atoms with van der Waals surface area (Å²) >= 11 is 0. The molecule has 0 radical (unpaired) electrons. The van der Waals surface area contributed by atoms with Gasteiger partial charge in [-0.25, -0.2) is 9.97 Å². The molecule has 17 heavy (non-hydrogen) atoms. The van der Waals surface area contributed by atoms with Gasteiger partial charge in [0, 0.05) is 18.0 Å². The summed E-state index contributed by atoms with van der Waals surface area (Å²) < 4.78 is 0. The van der Waals surface area contributed by atoms with Crippen molar-refractivity contribution in [2.75, 3.05) is 0 Å². The molecule has 82 valence electrons. The third kappa shape index (κ3) is 1.69. The molecule has 0 spiro atoms. The molecule has 3 rings (SSSR count). The van der Waals surface area contributed by atoms with Gasteiger partial charge in [0.1, 0.15) is 6.33 Å². The van der Waals surface area contributed by atoms with Crippen LogP contribution in [0.4, 0.5) is 0 Å². The summed E-state index contributed by atoms with van der Waals surface area (Å²) in [6.45, 7) is 0. The third-order valence-corrected chi connectivity index (χ3v) is 2.61. The number of hydrogen-bond donors (Lipinski definition) is 1. The van der Waals surface area contributed by atoms with Crippen LogP contribution >= 0.6 is 0 Å². The molecule has 0 unspecified atom stereocenters. The monoisotopic (exact) mass is 223 g/mol. The lowest BCUT2D eigenvalue weighted by Crippen LogP contribution is -1.85. The van der Waals surface area contributed by atoms with E-state index in [1.165, 1.54) is 6.33 Å². The summed E-state index contributed by atoms with van der Waals surface area (Å²) in [4.78, 5) is 12.0. The van der Waals surface area contributed by atoms with Crippen molar-refractivity contribution in [3.05, 3.63) is 49.1 Å². The number of fused-ring (bicyclic) bond motifs is 1. The summed E-state index contributed by atoms with van der Waals surface area (Å²) in [5, 5.41) is 10.2. The van der Waals surface area contributed by atoms with E-state index >= 15 is 0 Å². The molecule has 0 saturated carbocycles. The van der Waals surface area contributed by atoms with E-state index in [0.717, 1.165) is 16.6 Å². The molecule has 2 heterocycles. The molecular formula is C13H9N3O. The average Bonchev–Trinajstić information content (AvgIpc) is 2.40.